The Morgan fingerprint density at radius 3 is 2.55 bits per heavy atom. The van der Waals surface area contributed by atoms with E-state index in [4.69, 9.17) is 9.26 Å². The number of hydrogen-bond acceptors (Lipinski definition) is 9. The van der Waals surface area contributed by atoms with Crippen molar-refractivity contribution in [3.05, 3.63) is 85.4 Å². The fourth-order valence-corrected chi connectivity index (χ4v) is 4.23. The third kappa shape index (κ3) is 4.95. The normalized spacial score (nSPS) is 11.0. The Hall–Kier alpha value is -3.93. The molecule has 0 saturated carbocycles. The second kappa shape index (κ2) is 9.28. The van der Waals surface area contributed by atoms with E-state index < -0.39 is 4.92 Å². The number of aromatic amines is 1. The number of rotatable bonds is 8. The quantitative estimate of drug-likeness (QED) is 0.233. The zero-order valence-corrected chi connectivity index (χ0v) is 18.9. The molecule has 0 aliphatic carbocycles. The molecule has 2 aromatic heterocycles. The van der Waals surface area contributed by atoms with Gasteiger partial charge in [-0.3, -0.25) is 10.1 Å². The number of H-pyrrole nitrogens is 1. The Balaban J connectivity index is 1.42. The number of thioether (sulfide) groups is 1. The first-order valence-corrected chi connectivity index (χ1v) is 10.9. The minimum absolute atomic E-state index is 0.0194. The summed E-state index contributed by atoms with van der Waals surface area (Å²) >= 11 is 1.29. The largest absolute Gasteiger partial charge is 0.485 e. The van der Waals surface area contributed by atoms with Gasteiger partial charge < -0.3 is 9.26 Å². The molecule has 0 radical (unpaired) electrons. The van der Waals surface area contributed by atoms with Gasteiger partial charge in [0.05, 0.1) is 16.4 Å². The smallest absolute Gasteiger partial charge is 0.348 e. The molecule has 4 rings (SSSR count). The van der Waals surface area contributed by atoms with Crippen LogP contribution in [0.1, 0.15) is 28.4 Å². The van der Waals surface area contributed by atoms with E-state index in [0.29, 0.717) is 28.4 Å². The van der Waals surface area contributed by atoms with Gasteiger partial charge in [-0.2, -0.15) is 4.98 Å². The van der Waals surface area contributed by atoms with E-state index in [1.807, 2.05) is 32.9 Å². The molecular weight excluding hydrogens is 448 g/mol. The monoisotopic (exact) mass is 468 g/mol. The number of nitrogens with zero attached hydrogens (tertiary/aromatic N) is 5. The van der Waals surface area contributed by atoms with Gasteiger partial charge in [-0.15, -0.1) is 5.10 Å². The fraction of sp³-hybridized carbons (Fsp3) is 0.238. The molecule has 0 atom stereocenters. The second-order valence-electron chi connectivity index (χ2n) is 7.33. The number of aromatic nitrogens is 5. The summed E-state index contributed by atoms with van der Waals surface area (Å²) in [5.74, 6) is 1.43. The molecule has 0 fully saturated rings. The van der Waals surface area contributed by atoms with Crippen molar-refractivity contribution < 1.29 is 14.2 Å². The summed E-state index contributed by atoms with van der Waals surface area (Å²) < 4.78 is 12.4. The molecule has 0 unspecified atom stereocenters. The van der Waals surface area contributed by atoms with Gasteiger partial charge in [0, 0.05) is 12.1 Å². The van der Waals surface area contributed by atoms with E-state index >= 15 is 0 Å². The van der Waals surface area contributed by atoms with Gasteiger partial charge in [-0.25, -0.2) is 14.5 Å². The Morgan fingerprint density at radius 1 is 1.18 bits per heavy atom. The molecule has 0 aliphatic rings. The minimum Gasteiger partial charge on any atom is -0.485 e. The summed E-state index contributed by atoms with van der Waals surface area (Å²) in [5.41, 5.74) is 3.52. The third-order valence-electron chi connectivity index (χ3n) is 4.75. The van der Waals surface area contributed by atoms with Crippen molar-refractivity contribution in [1.29, 1.82) is 0 Å². The summed E-state index contributed by atoms with van der Waals surface area (Å²) in [5, 5.41) is 21.7. The lowest BCUT2D eigenvalue weighted by molar-refractivity contribution is -0.384. The second-order valence-corrected chi connectivity index (χ2v) is 8.27. The van der Waals surface area contributed by atoms with E-state index in [2.05, 4.69) is 20.3 Å². The average Bonchev–Trinajstić information content (AvgIpc) is 3.37. The van der Waals surface area contributed by atoms with Crippen LogP contribution in [0.4, 0.5) is 5.69 Å². The van der Waals surface area contributed by atoms with E-state index in [1.54, 1.807) is 4.57 Å². The number of aryl methyl sites for hydroxylation is 3. The van der Waals surface area contributed by atoms with Gasteiger partial charge >= 0.3 is 5.69 Å². The predicted molar refractivity (Wildman–Crippen MR) is 120 cm³/mol. The Morgan fingerprint density at radius 2 is 1.88 bits per heavy atom. The van der Waals surface area contributed by atoms with E-state index in [9.17, 15) is 14.9 Å². The molecule has 4 aromatic rings. The first kappa shape index (κ1) is 22.3. The summed E-state index contributed by atoms with van der Waals surface area (Å²) in [4.78, 5) is 27.0. The number of nitro groups is 1. The van der Waals surface area contributed by atoms with Crippen LogP contribution in [0.3, 0.4) is 0 Å². The molecule has 33 heavy (non-hydrogen) atoms. The number of ether oxygens (including phenoxy) is 1. The van der Waals surface area contributed by atoms with Gasteiger partial charge in [0.2, 0.25) is 11.7 Å². The minimum atomic E-state index is -0.479. The number of benzene rings is 2. The maximum Gasteiger partial charge on any atom is 0.348 e. The molecule has 0 aliphatic heterocycles. The predicted octanol–water partition coefficient (Wildman–Crippen LogP) is 3.65. The molecular formula is C21H20N6O5S. The Kier molecular flexibility index (Phi) is 6.27. The van der Waals surface area contributed by atoms with Gasteiger partial charge in [-0.05, 0) is 44.0 Å². The molecule has 1 N–H and O–H groups in total. The van der Waals surface area contributed by atoms with Crippen LogP contribution < -0.4 is 10.4 Å². The van der Waals surface area contributed by atoms with Crippen molar-refractivity contribution in [2.24, 2.45) is 0 Å². The first-order chi connectivity index (χ1) is 15.8. The third-order valence-corrected chi connectivity index (χ3v) is 5.67. The van der Waals surface area contributed by atoms with Crippen LogP contribution in [-0.4, -0.2) is 29.8 Å². The highest BCUT2D eigenvalue weighted by Crippen LogP contribution is 2.26. The lowest BCUT2D eigenvalue weighted by atomic mass is 10.1. The topological polar surface area (TPSA) is 142 Å². The lowest BCUT2D eigenvalue weighted by Gasteiger charge is -2.12. The molecule has 11 nitrogen and oxygen atoms in total. The molecule has 2 heterocycles. The molecule has 0 saturated heterocycles. The van der Waals surface area contributed by atoms with Crippen LogP contribution in [-0.2, 0) is 12.4 Å². The standard InChI is InChI=1S/C21H20N6O5S/c1-12-8-13(2)19(14(3)9-12)26-20(28)23-24-21(26)33-11-18-22-17(25-32-18)10-31-16-6-4-15(5-7-16)27(29)30/h4-9H,10-11H2,1-3H3,(H,23,28). The maximum absolute atomic E-state index is 12.4. The molecule has 2 aromatic carbocycles. The van der Waals surface area contributed by atoms with Crippen LogP contribution in [0.15, 0.2) is 50.9 Å². The molecule has 0 spiro atoms. The van der Waals surface area contributed by atoms with Crippen molar-refractivity contribution in [2.45, 2.75) is 38.3 Å². The number of non-ortho nitro benzene ring substituents is 1. The zero-order valence-electron chi connectivity index (χ0n) is 18.1. The van der Waals surface area contributed by atoms with E-state index in [-0.39, 0.29) is 18.0 Å². The number of hydrogen-bond donors (Lipinski definition) is 1. The van der Waals surface area contributed by atoms with Crippen LogP contribution in [0.25, 0.3) is 5.69 Å². The van der Waals surface area contributed by atoms with Crippen molar-refractivity contribution in [1.82, 2.24) is 24.9 Å². The first-order valence-electron chi connectivity index (χ1n) is 9.89. The Bertz CT molecular complexity index is 1340. The summed E-state index contributed by atoms with van der Waals surface area (Å²) in [6, 6.07) is 9.75. The van der Waals surface area contributed by atoms with Gasteiger partial charge in [0.25, 0.3) is 5.69 Å². The van der Waals surface area contributed by atoms with E-state index in [1.165, 1.54) is 36.0 Å². The average molecular weight is 468 g/mol. The van der Waals surface area contributed by atoms with Crippen molar-refractivity contribution in [3.63, 3.8) is 0 Å². The van der Waals surface area contributed by atoms with Crippen molar-refractivity contribution >= 4 is 17.4 Å². The van der Waals surface area contributed by atoms with Crippen molar-refractivity contribution in [3.8, 4) is 11.4 Å². The number of nitro benzene ring substituents is 1. The van der Waals surface area contributed by atoms with Gasteiger partial charge in [0.1, 0.15) is 5.75 Å². The summed E-state index contributed by atoms with van der Waals surface area (Å²) in [7, 11) is 0. The van der Waals surface area contributed by atoms with Gasteiger partial charge in [-0.1, -0.05) is 34.6 Å². The van der Waals surface area contributed by atoms with Crippen molar-refractivity contribution in [2.75, 3.05) is 0 Å². The van der Waals surface area contributed by atoms with Crippen LogP contribution in [0, 0.1) is 30.9 Å². The lowest BCUT2D eigenvalue weighted by Crippen LogP contribution is -2.18. The molecule has 170 valence electrons. The summed E-state index contributed by atoms with van der Waals surface area (Å²) in [6.45, 7) is 5.97. The SMILES string of the molecule is Cc1cc(C)c(-n2c(SCc3nc(COc4ccc([N+](=O)[O-])cc4)no3)n[nH]c2=O)c(C)c1. The van der Waals surface area contributed by atoms with Gasteiger partial charge in [0.15, 0.2) is 11.8 Å². The highest BCUT2D eigenvalue weighted by Gasteiger charge is 2.17. The number of nitrogens with one attached hydrogen (secondary N) is 1. The van der Waals surface area contributed by atoms with E-state index in [0.717, 1.165) is 22.4 Å². The molecule has 0 bridgehead atoms. The highest BCUT2D eigenvalue weighted by atomic mass is 32.2. The molecule has 12 heteroatoms. The van der Waals surface area contributed by atoms with Crippen LogP contribution >= 0.6 is 11.8 Å². The molecule has 0 amide bonds. The fourth-order valence-electron chi connectivity index (χ4n) is 3.45. The maximum atomic E-state index is 12.4. The van der Waals surface area contributed by atoms with Crippen LogP contribution in [0.5, 0.6) is 5.75 Å². The zero-order chi connectivity index (χ0) is 23.5. The van der Waals surface area contributed by atoms with Crippen LogP contribution in [0.2, 0.25) is 0 Å². The highest BCUT2D eigenvalue weighted by molar-refractivity contribution is 7.98. The summed E-state index contributed by atoms with van der Waals surface area (Å²) in [6.07, 6.45) is 0. The Labute approximate surface area is 191 Å².